The molecule has 0 aliphatic carbocycles. The van der Waals surface area contributed by atoms with E-state index in [1.165, 1.54) is 0 Å². The lowest BCUT2D eigenvalue weighted by molar-refractivity contribution is 0.623. The molecule has 27 heavy (non-hydrogen) atoms. The zero-order valence-corrected chi connectivity index (χ0v) is 15.4. The summed E-state index contributed by atoms with van der Waals surface area (Å²) in [5.74, 6) is 2.09. The average Bonchev–Trinajstić information content (AvgIpc) is 2.74. The van der Waals surface area contributed by atoms with Gasteiger partial charge in [-0.25, -0.2) is 9.97 Å². The highest BCUT2D eigenvalue weighted by atomic mass is 35.5. The van der Waals surface area contributed by atoms with E-state index in [4.69, 9.17) is 11.6 Å². The number of piperazine rings is 1. The number of halogens is 1. The van der Waals surface area contributed by atoms with Gasteiger partial charge in [0.05, 0.1) is 6.20 Å². The second kappa shape index (κ2) is 8.13. The Morgan fingerprint density at radius 2 is 1.59 bits per heavy atom. The number of benzene rings is 1. The van der Waals surface area contributed by atoms with Crippen LogP contribution in [-0.4, -0.2) is 51.3 Å². The standard InChI is InChI=1S/C18H19ClN8/c19-15-4-2-14(3-5-15)12-22-16-13-23-25-18(24-16)27-10-8-26(9-11-27)17-20-6-1-7-21-17/h1-7,13H,8-12H2,(H,22,24,25). The van der Waals surface area contributed by atoms with E-state index in [-0.39, 0.29) is 0 Å². The van der Waals surface area contributed by atoms with Crippen molar-refractivity contribution in [1.82, 2.24) is 25.1 Å². The molecule has 138 valence electrons. The number of rotatable bonds is 5. The summed E-state index contributed by atoms with van der Waals surface area (Å²) in [7, 11) is 0. The van der Waals surface area contributed by atoms with Gasteiger partial charge < -0.3 is 15.1 Å². The van der Waals surface area contributed by atoms with Crippen molar-refractivity contribution >= 4 is 29.3 Å². The molecule has 1 aliphatic heterocycles. The zero-order valence-electron chi connectivity index (χ0n) is 14.7. The van der Waals surface area contributed by atoms with Crippen LogP contribution >= 0.6 is 11.6 Å². The zero-order chi connectivity index (χ0) is 18.5. The molecule has 3 aromatic rings. The maximum atomic E-state index is 5.92. The third kappa shape index (κ3) is 4.40. The Bertz CT molecular complexity index is 866. The Hall–Kier alpha value is -3.00. The number of aromatic nitrogens is 5. The van der Waals surface area contributed by atoms with E-state index < -0.39 is 0 Å². The van der Waals surface area contributed by atoms with Gasteiger partial charge in [0.15, 0.2) is 5.82 Å². The summed E-state index contributed by atoms with van der Waals surface area (Å²) in [5.41, 5.74) is 1.12. The second-order valence-electron chi connectivity index (χ2n) is 6.14. The fraction of sp³-hybridized carbons (Fsp3) is 0.278. The molecule has 3 heterocycles. The van der Waals surface area contributed by atoms with Gasteiger partial charge in [0, 0.05) is 50.1 Å². The summed E-state index contributed by atoms with van der Waals surface area (Å²) in [6, 6.07) is 9.53. The van der Waals surface area contributed by atoms with Gasteiger partial charge in [0.2, 0.25) is 11.9 Å². The van der Waals surface area contributed by atoms with Crippen LogP contribution in [0.1, 0.15) is 5.56 Å². The quantitative estimate of drug-likeness (QED) is 0.719. The summed E-state index contributed by atoms with van der Waals surface area (Å²) < 4.78 is 0. The van der Waals surface area contributed by atoms with Crippen LogP contribution in [0.25, 0.3) is 0 Å². The highest BCUT2D eigenvalue weighted by Crippen LogP contribution is 2.16. The van der Waals surface area contributed by atoms with Gasteiger partial charge in [0.1, 0.15) is 0 Å². The Morgan fingerprint density at radius 3 is 2.30 bits per heavy atom. The largest absolute Gasteiger partial charge is 0.365 e. The van der Waals surface area contributed by atoms with Crippen molar-refractivity contribution < 1.29 is 0 Å². The summed E-state index contributed by atoms with van der Waals surface area (Å²) in [6.45, 7) is 3.86. The van der Waals surface area contributed by atoms with Crippen molar-refractivity contribution in [2.75, 3.05) is 41.3 Å². The first-order valence-corrected chi connectivity index (χ1v) is 9.11. The Kier molecular flexibility index (Phi) is 5.24. The molecule has 1 aliphatic rings. The van der Waals surface area contributed by atoms with E-state index in [2.05, 4.69) is 40.3 Å². The molecule has 4 rings (SSSR count). The van der Waals surface area contributed by atoms with Crippen molar-refractivity contribution in [2.24, 2.45) is 0 Å². The summed E-state index contributed by atoms with van der Waals surface area (Å²) in [5, 5.41) is 12.3. The van der Waals surface area contributed by atoms with Crippen molar-refractivity contribution in [3.05, 3.63) is 59.5 Å². The molecule has 1 N–H and O–H groups in total. The number of nitrogens with one attached hydrogen (secondary N) is 1. The molecule has 1 saturated heterocycles. The summed E-state index contributed by atoms with van der Waals surface area (Å²) >= 11 is 5.92. The lowest BCUT2D eigenvalue weighted by Gasteiger charge is -2.34. The second-order valence-corrected chi connectivity index (χ2v) is 6.58. The van der Waals surface area contributed by atoms with Crippen LogP contribution in [0.4, 0.5) is 17.7 Å². The van der Waals surface area contributed by atoms with Gasteiger partial charge in [-0.1, -0.05) is 23.7 Å². The third-order valence-electron chi connectivity index (χ3n) is 4.33. The number of hydrogen-bond acceptors (Lipinski definition) is 8. The predicted octanol–water partition coefficient (Wildman–Crippen LogP) is 2.25. The molecule has 0 amide bonds. The first-order chi connectivity index (χ1) is 13.3. The molecule has 0 spiro atoms. The van der Waals surface area contributed by atoms with E-state index in [9.17, 15) is 0 Å². The minimum absolute atomic E-state index is 0.629. The summed E-state index contributed by atoms with van der Waals surface area (Å²) in [4.78, 5) is 17.5. The monoisotopic (exact) mass is 382 g/mol. The van der Waals surface area contributed by atoms with Gasteiger partial charge in [-0.2, -0.15) is 10.1 Å². The Morgan fingerprint density at radius 1 is 0.926 bits per heavy atom. The van der Waals surface area contributed by atoms with Crippen LogP contribution in [-0.2, 0) is 6.54 Å². The maximum Gasteiger partial charge on any atom is 0.247 e. The van der Waals surface area contributed by atoms with E-state index in [1.54, 1.807) is 18.6 Å². The molecule has 0 atom stereocenters. The van der Waals surface area contributed by atoms with Crippen molar-refractivity contribution in [3.63, 3.8) is 0 Å². The molecule has 9 heteroatoms. The minimum Gasteiger partial charge on any atom is -0.365 e. The molecule has 8 nitrogen and oxygen atoms in total. The van der Waals surface area contributed by atoms with Gasteiger partial charge in [-0.15, -0.1) is 5.10 Å². The first kappa shape index (κ1) is 17.4. The van der Waals surface area contributed by atoms with Crippen LogP contribution in [0.5, 0.6) is 0 Å². The highest BCUT2D eigenvalue weighted by molar-refractivity contribution is 6.30. The first-order valence-electron chi connectivity index (χ1n) is 8.73. The van der Waals surface area contributed by atoms with Gasteiger partial charge in [-0.3, -0.25) is 0 Å². The lowest BCUT2D eigenvalue weighted by atomic mass is 10.2. The number of anilines is 3. The normalized spacial score (nSPS) is 14.3. The molecule has 0 unspecified atom stereocenters. The molecular weight excluding hydrogens is 364 g/mol. The molecule has 1 fully saturated rings. The lowest BCUT2D eigenvalue weighted by Crippen LogP contribution is -2.47. The molecular formula is C18H19ClN8. The molecule has 2 aromatic heterocycles. The Labute approximate surface area is 162 Å². The predicted molar refractivity (Wildman–Crippen MR) is 105 cm³/mol. The smallest absolute Gasteiger partial charge is 0.247 e. The maximum absolute atomic E-state index is 5.92. The van der Waals surface area contributed by atoms with Gasteiger partial charge in [0.25, 0.3) is 0 Å². The molecule has 0 bridgehead atoms. The van der Waals surface area contributed by atoms with Crippen LogP contribution < -0.4 is 15.1 Å². The number of nitrogens with zero attached hydrogens (tertiary/aromatic N) is 7. The fourth-order valence-electron chi connectivity index (χ4n) is 2.87. The topological polar surface area (TPSA) is 83.0 Å². The van der Waals surface area contributed by atoms with Crippen molar-refractivity contribution in [1.29, 1.82) is 0 Å². The van der Waals surface area contributed by atoms with Crippen molar-refractivity contribution in [2.45, 2.75) is 6.54 Å². The van der Waals surface area contributed by atoms with E-state index >= 15 is 0 Å². The van der Waals surface area contributed by atoms with Gasteiger partial charge >= 0.3 is 0 Å². The van der Waals surface area contributed by atoms with Crippen molar-refractivity contribution in [3.8, 4) is 0 Å². The van der Waals surface area contributed by atoms with E-state index in [1.807, 2.05) is 30.3 Å². The third-order valence-corrected chi connectivity index (χ3v) is 4.58. The van der Waals surface area contributed by atoms with E-state index in [0.717, 1.165) is 42.7 Å². The minimum atomic E-state index is 0.629. The fourth-order valence-corrected chi connectivity index (χ4v) is 3.00. The van der Waals surface area contributed by atoms with Gasteiger partial charge in [-0.05, 0) is 23.8 Å². The van der Waals surface area contributed by atoms with Crippen LogP contribution in [0.15, 0.2) is 48.9 Å². The average molecular weight is 383 g/mol. The van der Waals surface area contributed by atoms with Crippen LogP contribution in [0.3, 0.4) is 0 Å². The highest BCUT2D eigenvalue weighted by Gasteiger charge is 2.21. The van der Waals surface area contributed by atoms with Crippen LogP contribution in [0, 0.1) is 0 Å². The van der Waals surface area contributed by atoms with Crippen LogP contribution in [0.2, 0.25) is 5.02 Å². The molecule has 1 aromatic carbocycles. The summed E-state index contributed by atoms with van der Waals surface area (Å²) in [6.07, 6.45) is 5.16. The SMILES string of the molecule is Clc1ccc(CNc2cnnc(N3CCN(c4ncccn4)CC3)n2)cc1. The molecule has 0 saturated carbocycles. The number of hydrogen-bond donors (Lipinski definition) is 1. The Balaban J connectivity index is 1.36. The molecule has 0 radical (unpaired) electrons. The van der Waals surface area contributed by atoms with E-state index in [0.29, 0.717) is 18.3 Å².